The molecule has 1 aliphatic rings. The van der Waals surface area contributed by atoms with Crippen LogP contribution in [0.3, 0.4) is 0 Å². The Kier molecular flexibility index (Phi) is 5.00. The molecule has 158 valence electrons. The zero-order valence-electron chi connectivity index (χ0n) is 17.0. The van der Waals surface area contributed by atoms with E-state index in [1.54, 1.807) is 41.3 Å². The summed E-state index contributed by atoms with van der Waals surface area (Å²) in [5.74, 6) is 0.840. The molecule has 8 heteroatoms. The molecule has 2 aromatic carbocycles. The molecule has 0 spiro atoms. The number of pyridine rings is 1. The molecule has 2 aromatic heterocycles. The fourth-order valence-electron chi connectivity index (χ4n) is 3.87. The molecule has 3 heterocycles. The minimum Gasteiger partial charge on any atom is -0.355 e. The molecule has 1 saturated heterocycles. The van der Waals surface area contributed by atoms with Gasteiger partial charge in [-0.15, -0.1) is 0 Å². The Morgan fingerprint density at radius 3 is 2.56 bits per heavy atom. The lowest BCUT2D eigenvalue weighted by atomic mass is 10.1. The van der Waals surface area contributed by atoms with Gasteiger partial charge in [-0.3, -0.25) is 4.79 Å². The van der Waals surface area contributed by atoms with Gasteiger partial charge in [-0.2, -0.15) is 5.26 Å². The van der Waals surface area contributed by atoms with Crippen molar-refractivity contribution >= 4 is 22.6 Å². The number of hydrogen-bond acceptors (Lipinski definition) is 6. The van der Waals surface area contributed by atoms with E-state index in [-0.39, 0.29) is 11.7 Å². The standard InChI is InChI=1S/C24H18FN5O2/c25-18-7-4-16(5-8-18)23-20-14-17(6-9-21(20)28-32-23)24(31)30-12-10-29(11-13-30)22-3-1-2-19(15-26)27-22/h1-9,14H,10-13H2. The van der Waals surface area contributed by atoms with Crippen LogP contribution in [0.1, 0.15) is 16.1 Å². The maximum absolute atomic E-state index is 13.3. The number of aromatic nitrogens is 2. The van der Waals surface area contributed by atoms with Gasteiger partial charge in [0.2, 0.25) is 0 Å². The van der Waals surface area contributed by atoms with Crippen molar-refractivity contribution in [2.45, 2.75) is 0 Å². The van der Waals surface area contributed by atoms with E-state index >= 15 is 0 Å². The summed E-state index contributed by atoms with van der Waals surface area (Å²) in [4.78, 5) is 21.4. The van der Waals surface area contributed by atoms with Crippen molar-refractivity contribution in [3.63, 3.8) is 0 Å². The molecular weight excluding hydrogens is 409 g/mol. The third-order valence-electron chi connectivity index (χ3n) is 5.57. The van der Waals surface area contributed by atoms with Gasteiger partial charge >= 0.3 is 0 Å². The molecule has 32 heavy (non-hydrogen) atoms. The highest BCUT2D eigenvalue weighted by Gasteiger charge is 2.24. The summed E-state index contributed by atoms with van der Waals surface area (Å²) in [6.45, 7) is 2.35. The Labute approximate surface area is 183 Å². The van der Waals surface area contributed by atoms with Gasteiger partial charge in [-0.05, 0) is 54.6 Å². The molecule has 0 aliphatic carbocycles. The Bertz CT molecular complexity index is 1330. The van der Waals surface area contributed by atoms with Crippen molar-refractivity contribution < 1.29 is 13.7 Å². The van der Waals surface area contributed by atoms with Crippen LogP contribution in [-0.2, 0) is 0 Å². The molecule has 1 amide bonds. The van der Waals surface area contributed by atoms with Gasteiger partial charge in [0.1, 0.15) is 28.9 Å². The normalized spacial score (nSPS) is 13.9. The van der Waals surface area contributed by atoms with Crippen LogP contribution < -0.4 is 4.90 Å². The first kappa shape index (κ1) is 19.7. The highest BCUT2D eigenvalue weighted by atomic mass is 19.1. The third-order valence-corrected chi connectivity index (χ3v) is 5.57. The van der Waals surface area contributed by atoms with Gasteiger partial charge in [-0.1, -0.05) is 11.2 Å². The minimum absolute atomic E-state index is 0.0726. The highest BCUT2D eigenvalue weighted by Crippen LogP contribution is 2.30. The Morgan fingerprint density at radius 2 is 1.81 bits per heavy atom. The summed E-state index contributed by atoms with van der Waals surface area (Å²) in [6.07, 6.45) is 0. The summed E-state index contributed by atoms with van der Waals surface area (Å²) in [7, 11) is 0. The largest absolute Gasteiger partial charge is 0.355 e. The van der Waals surface area contributed by atoms with E-state index in [4.69, 9.17) is 9.78 Å². The number of nitrogens with zero attached hydrogens (tertiary/aromatic N) is 5. The van der Waals surface area contributed by atoms with Crippen LogP contribution in [-0.4, -0.2) is 47.1 Å². The zero-order valence-corrected chi connectivity index (χ0v) is 17.0. The fourth-order valence-corrected chi connectivity index (χ4v) is 3.87. The van der Waals surface area contributed by atoms with Crippen LogP contribution >= 0.6 is 0 Å². The SMILES string of the molecule is N#Cc1cccc(N2CCN(C(=O)c3ccc4noc(-c5ccc(F)cc5)c4c3)CC2)n1. The average Bonchev–Trinajstić information content (AvgIpc) is 3.27. The number of carbonyl (C=O) groups is 1. The summed E-state index contributed by atoms with van der Waals surface area (Å²) in [6, 6.07) is 18.6. The smallest absolute Gasteiger partial charge is 0.254 e. The predicted molar refractivity (Wildman–Crippen MR) is 116 cm³/mol. The topological polar surface area (TPSA) is 86.3 Å². The number of piperazine rings is 1. The number of amides is 1. The Hall–Kier alpha value is -4.25. The highest BCUT2D eigenvalue weighted by molar-refractivity contribution is 6.01. The van der Waals surface area contributed by atoms with Crippen molar-refractivity contribution in [3.8, 4) is 17.4 Å². The lowest BCUT2D eigenvalue weighted by Crippen LogP contribution is -2.49. The Balaban J connectivity index is 1.34. The molecule has 4 aromatic rings. The van der Waals surface area contributed by atoms with Crippen molar-refractivity contribution in [3.05, 3.63) is 77.7 Å². The maximum Gasteiger partial charge on any atom is 0.254 e. The number of carbonyl (C=O) groups excluding carboxylic acids is 1. The summed E-state index contributed by atoms with van der Waals surface area (Å²) < 4.78 is 18.7. The predicted octanol–water partition coefficient (Wildman–Crippen LogP) is 3.86. The third kappa shape index (κ3) is 3.65. The molecule has 1 fully saturated rings. The molecule has 1 aliphatic heterocycles. The van der Waals surface area contributed by atoms with E-state index in [2.05, 4.69) is 21.1 Å². The first-order chi connectivity index (χ1) is 15.6. The minimum atomic E-state index is -0.331. The van der Waals surface area contributed by atoms with Crippen LogP contribution in [0.25, 0.3) is 22.2 Å². The van der Waals surface area contributed by atoms with Crippen LogP contribution in [0.4, 0.5) is 10.2 Å². The number of nitriles is 1. The second kappa shape index (κ2) is 8.12. The van der Waals surface area contributed by atoms with Gasteiger partial charge in [0.15, 0.2) is 5.76 Å². The molecule has 0 N–H and O–H groups in total. The van der Waals surface area contributed by atoms with Gasteiger partial charge in [-0.25, -0.2) is 9.37 Å². The molecule has 0 saturated carbocycles. The molecular formula is C24H18FN5O2. The molecule has 0 bridgehead atoms. The van der Waals surface area contributed by atoms with Crippen molar-refractivity contribution in [2.75, 3.05) is 31.1 Å². The quantitative estimate of drug-likeness (QED) is 0.494. The fraction of sp³-hybridized carbons (Fsp3) is 0.167. The number of rotatable bonds is 3. The van der Waals surface area contributed by atoms with E-state index in [1.807, 2.05) is 12.1 Å². The number of hydrogen-bond donors (Lipinski definition) is 0. The van der Waals surface area contributed by atoms with Crippen molar-refractivity contribution in [1.29, 1.82) is 5.26 Å². The zero-order chi connectivity index (χ0) is 22.1. The van der Waals surface area contributed by atoms with E-state index in [9.17, 15) is 9.18 Å². The van der Waals surface area contributed by atoms with Gasteiger partial charge in [0, 0.05) is 37.3 Å². The second-order valence-corrected chi connectivity index (χ2v) is 7.52. The van der Waals surface area contributed by atoms with Crippen molar-refractivity contribution in [1.82, 2.24) is 15.0 Å². The van der Waals surface area contributed by atoms with Gasteiger partial charge in [0.25, 0.3) is 5.91 Å². The molecule has 0 radical (unpaired) electrons. The lowest BCUT2D eigenvalue weighted by molar-refractivity contribution is 0.0746. The van der Waals surface area contributed by atoms with Gasteiger partial charge in [0.05, 0.1) is 5.39 Å². The lowest BCUT2D eigenvalue weighted by Gasteiger charge is -2.35. The molecule has 5 rings (SSSR count). The number of benzene rings is 2. The molecule has 0 unspecified atom stereocenters. The van der Waals surface area contributed by atoms with Crippen LogP contribution in [0.15, 0.2) is 65.2 Å². The maximum atomic E-state index is 13.3. The first-order valence-electron chi connectivity index (χ1n) is 10.2. The molecule has 0 atom stereocenters. The number of anilines is 1. The summed E-state index contributed by atoms with van der Waals surface area (Å²) in [5.41, 5.74) is 2.25. The summed E-state index contributed by atoms with van der Waals surface area (Å²) in [5, 5.41) is 13.8. The Morgan fingerprint density at radius 1 is 1.03 bits per heavy atom. The number of halogens is 1. The first-order valence-corrected chi connectivity index (χ1v) is 10.2. The van der Waals surface area contributed by atoms with E-state index in [0.717, 1.165) is 5.82 Å². The average molecular weight is 427 g/mol. The van der Waals surface area contributed by atoms with E-state index < -0.39 is 0 Å². The second-order valence-electron chi connectivity index (χ2n) is 7.52. The van der Waals surface area contributed by atoms with Crippen molar-refractivity contribution in [2.24, 2.45) is 0 Å². The van der Waals surface area contributed by atoms with Crippen LogP contribution in [0, 0.1) is 17.1 Å². The monoisotopic (exact) mass is 427 g/mol. The van der Waals surface area contributed by atoms with Crippen LogP contribution in [0.5, 0.6) is 0 Å². The number of fused-ring (bicyclic) bond motifs is 1. The van der Waals surface area contributed by atoms with E-state index in [0.29, 0.717) is 59.7 Å². The summed E-state index contributed by atoms with van der Waals surface area (Å²) >= 11 is 0. The van der Waals surface area contributed by atoms with Crippen LogP contribution in [0.2, 0.25) is 0 Å². The van der Waals surface area contributed by atoms with Gasteiger partial charge < -0.3 is 14.3 Å². The molecule has 7 nitrogen and oxygen atoms in total. The van der Waals surface area contributed by atoms with E-state index in [1.165, 1.54) is 12.1 Å².